The summed E-state index contributed by atoms with van der Waals surface area (Å²) in [5.41, 5.74) is 5.76. The van der Waals surface area contributed by atoms with Crippen LogP contribution in [0.4, 0.5) is 24.5 Å². The Bertz CT molecular complexity index is 435. The SMILES string of the molecule is CC1CCC(Nc2ccc(C(F)(F)F)cc2N)CC1. The lowest BCUT2D eigenvalue weighted by atomic mass is 9.87. The Morgan fingerprint density at radius 1 is 1.16 bits per heavy atom. The van der Waals surface area contributed by atoms with Gasteiger partial charge in [0.05, 0.1) is 16.9 Å². The molecule has 1 aromatic carbocycles. The predicted molar refractivity (Wildman–Crippen MR) is 70.9 cm³/mol. The fourth-order valence-corrected chi connectivity index (χ4v) is 2.49. The first-order valence-corrected chi connectivity index (χ1v) is 6.59. The maximum absolute atomic E-state index is 12.5. The maximum atomic E-state index is 12.5. The highest BCUT2D eigenvalue weighted by Gasteiger charge is 2.31. The summed E-state index contributed by atoms with van der Waals surface area (Å²) < 4.78 is 37.6. The number of alkyl halides is 3. The van der Waals surface area contributed by atoms with E-state index in [2.05, 4.69) is 12.2 Å². The van der Waals surface area contributed by atoms with Crippen molar-refractivity contribution in [1.29, 1.82) is 0 Å². The third-order valence-electron chi connectivity index (χ3n) is 3.75. The summed E-state index contributed by atoms with van der Waals surface area (Å²) in [6.07, 6.45) is 0.0482. The molecule has 1 aromatic rings. The minimum Gasteiger partial charge on any atom is -0.397 e. The molecule has 106 valence electrons. The van der Waals surface area contributed by atoms with Gasteiger partial charge in [-0.2, -0.15) is 13.2 Å². The second kappa shape index (κ2) is 5.31. The van der Waals surface area contributed by atoms with Gasteiger partial charge in [0.25, 0.3) is 0 Å². The van der Waals surface area contributed by atoms with Crippen LogP contribution in [0.25, 0.3) is 0 Å². The lowest BCUT2D eigenvalue weighted by Crippen LogP contribution is -2.25. The average Bonchev–Trinajstić information content (AvgIpc) is 2.33. The fraction of sp³-hybridized carbons (Fsp3) is 0.571. The molecule has 0 saturated heterocycles. The molecule has 1 aliphatic rings. The molecule has 1 fully saturated rings. The van der Waals surface area contributed by atoms with Crippen molar-refractivity contribution in [2.45, 2.75) is 44.8 Å². The van der Waals surface area contributed by atoms with Crippen LogP contribution < -0.4 is 11.1 Å². The van der Waals surface area contributed by atoms with Crippen molar-refractivity contribution in [3.63, 3.8) is 0 Å². The molecule has 0 aliphatic heterocycles. The quantitative estimate of drug-likeness (QED) is 0.789. The van der Waals surface area contributed by atoms with Gasteiger partial charge in [0.15, 0.2) is 0 Å². The number of anilines is 2. The number of rotatable bonds is 2. The summed E-state index contributed by atoms with van der Waals surface area (Å²) in [5, 5.41) is 3.26. The minimum atomic E-state index is -4.34. The third kappa shape index (κ3) is 3.55. The van der Waals surface area contributed by atoms with Gasteiger partial charge in [-0.15, -0.1) is 0 Å². The molecule has 5 heteroatoms. The first-order valence-electron chi connectivity index (χ1n) is 6.59. The zero-order valence-electron chi connectivity index (χ0n) is 10.9. The van der Waals surface area contributed by atoms with Gasteiger partial charge in [-0.25, -0.2) is 0 Å². The lowest BCUT2D eigenvalue weighted by molar-refractivity contribution is -0.137. The van der Waals surface area contributed by atoms with Crippen LogP contribution in [-0.2, 0) is 6.18 Å². The van der Waals surface area contributed by atoms with Crippen LogP contribution in [0.2, 0.25) is 0 Å². The van der Waals surface area contributed by atoms with E-state index in [1.165, 1.54) is 6.07 Å². The maximum Gasteiger partial charge on any atom is 0.416 e. The van der Waals surface area contributed by atoms with Gasteiger partial charge in [0.1, 0.15) is 0 Å². The van der Waals surface area contributed by atoms with Crippen molar-refractivity contribution in [2.75, 3.05) is 11.1 Å². The summed E-state index contributed by atoms with van der Waals surface area (Å²) in [7, 11) is 0. The second-order valence-corrected chi connectivity index (χ2v) is 5.40. The first-order chi connectivity index (χ1) is 8.86. The Balaban J connectivity index is 2.05. The molecule has 0 amide bonds. The standard InChI is InChI=1S/C14H19F3N2/c1-9-2-5-11(6-3-9)19-13-7-4-10(8-12(13)18)14(15,16)17/h4,7-9,11,19H,2-3,5-6,18H2,1H3. The first kappa shape index (κ1) is 14.0. The van der Waals surface area contributed by atoms with E-state index < -0.39 is 11.7 Å². The summed E-state index contributed by atoms with van der Waals surface area (Å²) >= 11 is 0. The van der Waals surface area contributed by atoms with Crippen LogP contribution in [0.1, 0.15) is 38.2 Å². The van der Waals surface area contributed by atoms with Gasteiger partial charge in [0.2, 0.25) is 0 Å². The van der Waals surface area contributed by atoms with E-state index in [9.17, 15) is 13.2 Å². The molecule has 3 N–H and O–H groups in total. The number of halogens is 3. The highest BCUT2D eigenvalue weighted by molar-refractivity contribution is 5.67. The third-order valence-corrected chi connectivity index (χ3v) is 3.75. The summed E-state index contributed by atoms with van der Waals surface area (Å²) in [5.74, 6) is 0.739. The van der Waals surface area contributed by atoms with Crippen LogP contribution in [0, 0.1) is 5.92 Å². The topological polar surface area (TPSA) is 38.0 Å². The molecule has 0 radical (unpaired) electrons. The average molecular weight is 272 g/mol. The van der Waals surface area contributed by atoms with Crippen molar-refractivity contribution in [3.8, 4) is 0 Å². The fourth-order valence-electron chi connectivity index (χ4n) is 2.49. The lowest BCUT2D eigenvalue weighted by Gasteiger charge is -2.28. The Labute approximate surface area is 111 Å². The van der Waals surface area contributed by atoms with Gasteiger partial charge in [-0.3, -0.25) is 0 Å². The van der Waals surface area contributed by atoms with E-state index in [0.29, 0.717) is 11.7 Å². The molecule has 0 atom stereocenters. The molecule has 0 aromatic heterocycles. The second-order valence-electron chi connectivity index (χ2n) is 5.40. The van der Waals surface area contributed by atoms with Crippen LogP contribution in [0.5, 0.6) is 0 Å². The normalized spacial score (nSPS) is 24.2. The van der Waals surface area contributed by atoms with Crippen LogP contribution in [0.15, 0.2) is 18.2 Å². The van der Waals surface area contributed by atoms with Gasteiger partial charge in [-0.1, -0.05) is 6.92 Å². The summed E-state index contributed by atoms with van der Waals surface area (Å²) in [4.78, 5) is 0. The van der Waals surface area contributed by atoms with Gasteiger partial charge >= 0.3 is 6.18 Å². The number of hydrogen-bond donors (Lipinski definition) is 2. The number of nitrogens with one attached hydrogen (secondary N) is 1. The Morgan fingerprint density at radius 3 is 2.32 bits per heavy atom. The molecule has 1 saturated carbocycles. The largest absolute Gasteiger partial charge is 0.416 e. The molecule has 0 unspecified atom stereocenters. The van der Waals surface area contributed by atoms with Crippen LogP contribution >= 0.6 is 0 Å². The van der Waals surface area contributed by atoms with Crippen LogP contribution in [0.3, 0.4) is 0 Å². The molecule has 19 heavy (non-hydrogen) atoms. The van der Waals surface area contributed by atoms with Crippen LogP contribution in [-0.4, -0.2) is 6.04 Å². The van der Waals surface area contributed by atoms with E-state index in [4.69, 9.17) is 5.73 Å². The van der Waals surface area contributed by atoms with E-state index >= 15 is 0 Å². The highest BCUT2D eigenvalue weighted by Crippen LogP contribution is 2.34. The van der Waals surface area contributed by atoms with Gasteiger partial charge < -0.3 is 11.1 Å². The summed E-state index contributed by atoms with van der Waals surface area (Å²) in [6.45, 7) is 2.22. The number of benzene rings is 1. The number of hydrogen-bond acceptors (Lipinski definition) is 2. The smallest absolute Gasteiger partial charge is 0.397 e. The van der Waals surface area contributed by atoms with Crippen molar-refractivity contribution in [2.24, 2.45) is 5.92 Å². The van der Waals surface area contributed by atoms with Crippen molar-refractivity contribution in [1.82, 2.24) is 0 Å². The minimum absolute atomic E-state index is 0.161. The monoisotopic (exact) mass is 272 g/mol. The zero-order chi connectivity index (χ0) is 14.0. The zero-order valence-corrected chi connectivity index (χ0v) is 10.9. The highest BCUT2D eigenvalue weighted by atomic mass is 19.4. The number of nitrogen functional groups attached to an aromatic ring is 1. The van der Waals surface area contributed by atoms with Gasteiger partial charge in [0, 0.05) is 6.04 Å². The van der Waals surface area contributed by atoms with E-state index in [0.717, 1.165) is 43.7 Å². The Hall–Kier alpha value is -1.39. The molecular formula is C14H19F3N2. The van der Waals surface area contributed by atoms with Gasteiger partial charge in [-0.05, 0) is 49.8 Å². The number of nitrogens with two attached hydrogens (primary N) is 1. The molecule has 0 heterocycles. The van der Waals surface area contributed by atoms with E-state index in [-0.39, 0.29) is 5.69 Å². The van der Waals surface area contributed by atoms with E-state index in [1.807, 2.05) is 0 Å². The Kier molecular flexibility index (Phi) is 3.92. The predicted octanol–water partition coefficient (Wildman–Crippen LogP) is 4.28. The molecule has 0 bridgehead atoms. The van der Waals surface area contributed by atoms with Crippen molar-refractivity contribution < 1.29 is 13.2 Å². The van der Waals surface area contributed by atoms with Crippen molar-refractivity contribution in [3.05, 3.63) is 23.8 Å². The molecular weight excluding hydrogens is 253 g/mol. The Morgan fingerprint density at radius 2 is 1.79 bits per heavy atom. The summed E-state index contributed by atoms with van der Waals surface area (Å²) in [6, 6.07) is 3.81. The molecule has 0 spiro atoms. The molecule has 1 aliphatic carbocycles. The van der Waals surface area contributed by atoms with E-state index in [1.54, 1.807) is 0 Å². The molecule has 2 nitrogen and oxygen atoms in total. The van der Waals surface area contributed by atoms with Crippen molar-refractivity contribution >= 4 is 11.4 Å². The molecule has 2 rings (SSSR count).